The number of hydrogen-bond acceptors (Lipinski definition) is 3. The monoisotopic (exact) mass is 231 g/mol. The number of aliphatic hydroxyl groups excluding tert-OH is 1. The summed E-state index contributed by atoms with van der Waals surface area (Å²) < 4.78 is 16.1. The summed E-state index contributed by atoms with van der Waals surface area (Å²) >= 11 is 0. The molecule has 1 aliphatic rings. The second-order valence-electron chi connectivity index (χ2n) is 3.86. The Bertz CT molecular complexity index is 238. The van der Waals surface area contributed by atoms with Crippen molar-refractivity contribution in [1.29, 1.82) is 0 Å². The molecular formula is C11H20O3P+. The van der Waals surface area contributed by atoms with Gasteiger partial charge in [-0.1, -0.05) is 11.6 Å². The van der Waals surface area contributed by atoms with Gasteiger partial charge in [0, 0.05) is 0 Å². The highest BCUT2D eigenvalue weighted by atomic mass is 31.1. The van der Waals surface area contributed by atoms with Gasteiger partial charge in [0.15, 0.2) is 6.16 Å². The summed E-state index contributed by atoms with van der Waals surface area (Å²) in [5.74, 6) is 0. The van der Waals surface area contributed by atoms with E-state index in [1.165, 1.54) is 5.57 Å². The SMILES string of the molecule is CCO[P+](=O)CCCCC1=CC(O)CC1. The van der Waals surface area contributed by atoms with E-state index in [0.717, 1.165) is 32.1 Å². The van der Waals surface area contributed by atoms with Crippen LogP contribution in [0.3, 0.4) is 0 Å². The predicted molar refractivity (Wildman–Crippen MR) is 61.3 cm³/mol. The molecule has 2 unspecified atom stereocenters. The van der Waals surface area contributed by atoms with Gasteiger partial charge in [0.05, 0.1) is 12.7 Å². The minimum absolute atomic E-state index is 0.222. The van der Waals surface area contributed by atoms with E-state index in [9.17, 15) is 9.67 Å². The van der Waals surface area contributed by atoms with E-state index in [2.05, 4.69) is 0 Å². The fourth-order valence-corrected chi connectivity index (χ4v) is 2.68. The van der Waals surface area contributed by atoms with Crippen LogP contribution in [0, 0.1) is 0 Å². The third-order valence-electron chi connectivity index (χ3n) is 2.55. The molecule has 1 aliphatic carbocycles. The molecule has 4 heteroatoms. The first-order valence-corrected chi connectivity index (χ1v) is 7.04. The van der Waals surface area contributed by atoms with Crippen LogP contribution in [-0.2, 0) is 9.09 Å². The third-order valence-corrected chi connectivity index (χ3v) is 3.78. The highest BCUT2D eigenvalue weighted by molar-refractivity contribution is 7.39. The maximum absolute atomic E-state index is 11.2. The molecular weight excluding hydrogens is 211 g/mol. The van der Waals surface area contributed by atoms with Gasteiger partial charge >= 0.3 is 8.03 Å². The molecule has 0 aromatic rings. The van der Waals surface area contributed by atoms with Crippen LogP contribution in [0.1, 0.15) is 39.0 Å². The van der Waals surface area contributed by atoms with Gasteiger partial charge in [0.25, 0.3) is 0 Å². The van der Waals surface area contributed by atoms with Crippen molar-refractivity contribution in [2.45, 2.75) is 45.1 Å². The normalized spacial score (nSPS) is 21.6. The molecule has 86 valence electrons. The van der Waals surface area contributed by atoms with Crippen molar-refractivity contribution >= 4 is 8.03 Å². The van der Waals surface area contributed by atoms with E-state index in [0.29, 0.717) is 12.8 Å². The molecule has 0 radical (unpaired) electrons. The maximum Gasteiger partial charge on any atom is 0.508 e. The van der Waals surface area contributed by atoms with Gasteiger partial charge in [-0.2, -0.15) is 0 Å². The van der Waals surface area contributed by atoms with Gasteiger partial charge in [0.2, 0.25) is 0 Å². The summed E-state index contributed by atoms with van der Waals surface area (Å²) in [5, 5.41) is 9.27. The molecule has 0 aromatic heterocycles. The van der Waals surface area contributed by atoms with Crippen LogP contribution in [0.4, 0.5) is 0 Å². The van der Waals surface area contributed by atoms with Crippen molar-refractivity contribution in [3.63, 3.8) is 0 Å². The van der Waals surface area contributed by atoms with E-state index in [-0.39, 0.29) is 6.10 Å². The van der Waals surface area contributed by atoms with Gasteiger partial charge in [0.1, 0.15) is 0 Å². The summed E-state index contributed by atoms with van der Waals surface area (Å²) in [6.45, 7) is 2.39. The molecule has 0 saturated carbocycles. The van der Waals surface area contributed by atoms with Crippen molar-refractivity contribution in [2.75, 3.05) is 12.8 Å². The molecule has 1 rings (SSSR count). The highest BCUT2D eigenvalue weighted by Gasteiger charge is 2.16. The predicted octanol–water partition coefficient (Wildman–Crippen LogP) is 3.02. The first-order chi connectivity index (χ1) is 7.22. The van der Waals surface area contributed by atoms with Gasteiger partial charge in [-0.25, -0.2) is 0 Å². The minimum atomic E-state index is -1.43. The summed E-state index contributed by atoms with van der Waals surface area (Å²) in [6, 6.07) is 0. The second kappa shape index (κ2) is 7.10. The molecule has 0 heterocycles. The van der Waals surface area contributed by atoms with Gasteiger partial charge < -0.3 is 5.11 Å². The van der Waals surface area contributed by atoms with Crippen LogP contribution in [0.5, 0.6) is 0 Å². The van der Waals surface area contributed by atoms with Crippen LogP contribution in [0.15, 0.2) is 11.6 Å². The van der Waals surface area contributed by atoms with Crippen LogP contribution >= 0.6 is 8.03 Å². The zero-order chi connectivity index (χ0) is 11.1. The first-order valence-electron chi connectivity index (χ1n) is 5.67. The molecule has 0 spiro atoms. The number of rotatable bonds is 7. The average molecular weight is 231 g/mol. The quantitative estimate of drug-likeness (QED) is 0.416. The van der Waals surface area contributed by atoms with Crippen molar-refractivity contribution < 1.29 is 14.2 Å². The largest absolute Gasteiger partial charge is 0.508 e. The van der Waals surface area contributed by atoms with Crippen LogP contribution in [0.25, 0.3) is 0 Å². The first kappa shape index (κ1) is 12.8. The Labute approximate surface area is 92.4 Å². The van der Waals surface area contributed by atoms with Crippen molar-refractivity contribution in [3.05, 3.63) is 11.6 Å². The van der Waals surface area contributed by atoms with Crippen LogP contribution in [0.2, 0.25) is 0 Å². The lowest BCUT2D eigenvalue weighted by Gasteiger charge is -1.97. The van der Waals surface area contributed by atoms with Crippen LogP contribution in [-0.4, -0.2) is 24.0 Å². The summed E-state index contributed by atoms with van der Waals surface area (Å²) in [4.78, 5) is 0. The zero-order valence-corrected chi connectivity index (χ0v) is 10.2. The molecule has 0 amide bonds. The molecule has 0 aliphatic heterocycles. The Balaban J connectivity index is 2.02. The molecule has 15 heavy (non-hydrogen) atoms. The Morgan fingerprint density at radius 1 is 1.60 bits per heavy atom. The highest BCUT2D eigenvalue weighted by Crippen LogP contribution is 2.26. The lowest BCUT2D eigenvalue weighted by atomic mass is 10.1. The zero-order valence-electron chi connectivity index (χ0n) is 9.32. The van der Waals surface area contributed by atoms with E-state index >= 15 is 0 Å². The second-order valence-corrected chi connectivity index (χ2v) is 5.23. The fraction of sp³-hybridized carbons (Fsp3) is 0.818. The van der Waals surface area contributed by atoms with E-state index in [4.69, 9.17) is 4.52 Å². The molecule has 1 N–H and O–H groups in total. The van der Waals surface area contributed by atoms with Gasteiger partial charge in [-0.3, -0.25) is 0 Å². The Kier molecular flexibility index (Phi) is 6.07. The lowest BCUT2D eigenvalue weighted by molar-refractivity contribution is 0.223. The number of allylic oxidation sites excluding steroid dienone is 1. The van der Waals surface area contributed by atoms with Crippen molar-refractivity contribution in [2.24, 2.45) is 0 Å². The Morgan fingerprint density at radius 2 is 2.40 bits per heavy atom. The fourth-order valence-electron chi connectivity index (χ4n) is 1.78. The molecule has 2 atom stereocenters. The number of unbranched alkanes of at least 4 members (excludes halogenated alkanes) is 1. The molecule has 0 bridgehead atoms. The standard InChI is InChI=1S/C11H20O3P/c1-2-14-15(13)8-4-3-5-10-6-7-11(12)9-10/h9,11-12H,2-8H2,1H3/q+1. The topological polar surface area (TPSA) is 46.5 Å². The Morgan fingerprint density at radius 3 is 3.00 bits per heavy atom. The van der Waals surface area contributed by atoms with Crippen LogP contribution < -0.4 is 0 Å². The molecule has 0 saturated heterocycles. The average Bonchev–Trinajstić information content (AvgIpc) is 2.60. The summed E-state index contributed by atoms with van der Waals surface area (Å²) in [5.41, 5.74) is 1.36. The molecule has 0 fully saturated rings. The lowest BCUT2D eigenvalue weighted by Crippen LogP contribution is -1.93. The molecule has 0 aromatic carbocycles. The molecule has 3 nitrogen and oxygen atoms in total. The minimum Gasteiger partial charge on any atom is -0.389 e. The Hall–Kier alpha value is -0.240. The number of aliphatic hydroxyl groups is 1. The van der Waals surface area contributed by atoms with Crippen molar-refractivity contribution in [1.82, 2.24) is 0 Å². The smallest absolute Gasteiger partial charge is 0.389 e. The maximum atomic E-state index is 11.2. The third kappa shape index (κ3) is 5.41. The van der Waals surface area contributed by atoms with E-state index < -0.39 is 8.03 Å². The van der Waals surface area contributed by atoms with E-state index in [1.54, 1.807) is 0 Å². The van der Waals surface area contributed by atoms with Gasteiger partial charge in [-0.15, -0.1) is 4.52 Å². The van der Waals surface area contributed by atoms with Gasteiger partial charge in [-0.05, 0) is 43.6 Å². The van der Waals surface area contributed by atoms with E-state index in [1.807, 2.05) is 13.0 Å². The van der Waals surface area contributed by atoms with Crippen molar-refractivity contribution in [3.8, 4) is 0 Å². The number of hydrogen-bond donors (Lipinski definition) is 1. The summed E-state index contributed by atoms with van der Waals surface area (Å²) in [7, 11) is -1.43. The summed E-state index contributed by atoms with van der Waals surface area (Å²) in [6.07, 6.45) is 7.34.